The summed E-state index contributed by atoms with van der Waals surface area (Å²) in [5, 5.41) is 11.1. The number of ether oxygens (including phenoxy) is 1. The van der Waals surface area contributed by atoms with E-state index in [9.17, 15) is 9.59 Å². The van der Waals surface area contributed by atoms with E-state index in [4.69, 9.17) is 9.84 Å². The highest BCUT2D eigenvalue weighted by molar-refractivity contribution is 5.85. The predicted molar refractivity (Wildman–Crippen MR) is 60.2 cm³/mol. The van der Waals surface area contributed by atoms with Crippen LogP contribution in [0, 0.1) is 0 Å². The molecule has 0 bridgehead atoms. The molecule has 0 radical (unpaired) electrons. The van der Waals surface area contributed by atoms with Crippen molar-refractivity contribution in [3.63, 3.8) is 0 Å². The number of nitrogens with one attached hydrogen (secondary N) is 1. The van der Waals surface area contributed by atoms with Crippen molar-refractivity contribution in [3.05, 3.63) is 11.6 Å². The summed E-state index contributed by atoms with van der Waals surface area (Å²) in [6, 6.07) is 0. The van der Waals surface area contributed by atoms with Crippen LogP contribution >= 0.6 is 0 Å². The fourth-order valence-corrected chi connectivity index (χ4v) is 0.864. The number of hydrogen-bond acceptors (Lipinski definition) is 3. The van der Waals surface area contributed by atoms with Crippen LogP contribution < -0.4 is 5.32 Å². The molecule has 0 aliphatic rings. The number of amides is 1. The highest BCUT2D eigenvalue weighted by Crippen LogP contribution is 2.06. The molecule has 2 N–H and O–H groups in total. The average Bonchev–Trinajstić information content (AvgIpc) is 2.08. The van der Waals surface area contributed by atoms with Crippen LogP contribution in [0.1, 0.15) is 34.1 Å². The predicted octanol–water partition coefficient (Wildman–Crippen LogP) is 1.93. The lowest BCUT2D eigenvalue weighted by Gasteiger charge is -2.19. The molecule has 0 saturated heterocycles. The Morgan fingerprint density at radius 1 is 1.38 bits per heavy atom. The number of alkyl carbamates (subject to hydrolysis) is 1. The van der Waals surface area contributed by atoms with E-state index in [1.807, 2.05) is 0 Å². The summed E-state index contributed by atoms with van der Waals surface area (Å²) in [5.74, 6) is -0.947. The van der Waals surface area contributed by atoms with Crippen molar-refractivity contribution in [3.8, 4) is 0 Å². The van der Waals surface area contributed by atoms with Crippen molar-refractivity contribution in [2.45, 2.75) is 39.7 Å². The second-order valence-electron chi connectivity index (χ2n) is 4.41. The molecule has 5 nitrogen and oxygen atoms in total. The molecule has 5 heteroatoms. The van der Waals surface area contributed by atoms with E-state index in [0.717, 1.165) is 0 Å². The molecule has 0 aromatic heterocycles. The second kappa shape index (κ2) is 6.15. The van der Waals surface area contributed by atoms with Crippen LogP contribution in [0.2, 0.25) is 0 Å². The first-order chi connectivity index (χ1) is 7.22. The third-order valence-corrected chi connectivity index (χ3v) is 1.60. The molecular weight excluding hydrogens is 210 g/mol. The number of carbonyl (C=O) groups excluding carboxylic acids is 1. The van der Waals surface area contributed by atoms with E-state index >= 15 is 0 Å². The van der Waals surface area contributed by atoms with Gasteiger partial charge < -0.3 is 15.2 Å². The Hall–Kier alpha value is -1.52. The van der Waals surface area contributed by atoms with Crippen molar-refractivity contribution in [2.75, 3.05) is 6.54 Å². The molecule has 0 unspecified atom stereocenters. The van der Waals surface area contributed by atoms with Crippen LogP contribution in [0.15, 0.2) is 11.6 Å². The summed E-state index contributed by atoms with van der Waals surface area (Å²) in [5.41, 5.74) is -0.248. The normalized spacial score (nSPS) is 12.1. The average molecular weight is 229 g/mol. The number of carbonyl (C=O) groups is 2. The van der Waals surface area contributed by atoms with Crippen molar-refractivity contribution in [1.29, 1.82) is 0 Å². The van der Waals surface area contributed by atoms with E-state index < -0.39 is 17.7 Å². The first-order valence-corrected chi connectivity index (χ1v) is 5.09. The Morgan fingerprint density at radius 3 is 2.38 bits per heavy atom. The summed E-state index contributed by atoms with van der Waals surface area (Å²) in [6.07, 6.45) is 1.53. The first kappa shape index (κ1) is 14.5. The number of hydrogen-bond donors (Lipinski definition) is 2. The quantitative estimate of drug-likeness (QED) is 0.570. The van der Waals surface area contributed by atoms with Crippen LogP contribution in [0.5, 0.6) is 0 Å². The maximum atomic E-state index is 11.2. The molecule has 0 aromatic rings. The van der Waals surface area contributed by atoms with E-state index in [1.165, 1.54) is 6.92 Å². The molecule has 0 aliphatic heterocycles. The highest BCUT2D eigenvalue weighted by atomic mass is 16.6. The zero-order valence-electron chi connectivity index (χ0n) is 10.2. The Kier molecular flexibility index (Phi) is 5.56. The molecule has 0 fully saturated rings. The van der Waals surface area contributed by atoms with Gasteiger partial charge in [-0.1, -0.05) is 6.08 Å². The molecule has 0 heterocycles. The third kappa shape index (κ3) is 7.84. The lowest BCUT2D eigenvalue weighted by atomic mass is 10.2. The smallest absolute Gasteiger partial charge is 0.407 e. The molecule has 0 rings (SSSR count). The van der Waals surface area contributed by atoms with Crippen molar-refractivity contribution in [2.24, 2.45) is 0 Å². The lowest BCUT2D eigenvalue weighted by molar-refractivity contribution is -0.132. The van der Waals surface area contributed by atoms with Crippen molar-refractivity contribution >= 4 is 12.1 Å². The minimum absolute atomic E-state index is 0.269. The monoisotopic (exact) mass is 229 g/mol. The molecule has 16 heavy (non-hydrogen) atoms. The third-order valence-electron chi connectivity index (χ3n) is 1.60. The summed E-state index contributed by atoms with van der Waals surface area (Å²) in [6.45, 7) is 7.21. The second-order valence-corrected chi connectivity index (χ2v) is 4.41. The van der Waals surface area contributed by atoms with Gasteiger partial charge in [-0.05, 0) is 34.1 Å². The van der Waals surface area contributed by atoms with Crippen molar-refractivity contribution < 1.29 is 19.4 Å². The topological polar surface area (TPSA) is 75.6 Å². The summed E-state index contributed by atoms with van der Waals surface area (Å²) < 4.78 is 5.01. The highest BCUT2D eigenvalue weighted by Gasteiger charge is 2.15. The summed E-state index contributed by atoms with van der Waals surface area (Å²) >= 11 is 0. The molecule has 0 spiro atoms. The van der Waals surface area contributed by atoms with Gasteiger partial charge in [0.1, 0.15) is 5.60 Å². The van der Waals surface area contributed by atoms with E-state index in [-0.39, 0.29) is 5.57 Å². The molecular formula is C11H19NO4. The van der Waals surface area contributed by atoms with Gasteiger partial charge in [0.25, 0.3) is 0 Å². The minimum atomic E-state index is -0.947. The van der Waals surface area contributed by atoms with Gasteiger partial charge in [0.05, 0.1) is 0 Å². The standard InChI is InChI=1S/C11H19NO4/c1-8(9(13)14)6-5-7-12-10(15)16-11(2,3)4/h6H,5,7H2,1-4H3,(H,12,15)(H,13,14)/b8-6-. The number of rotatable bonds is 4. The zero-order chi connectivity index (χ0) is 12.8. The van der Waals surface area contributed by atoms with E-state index in [1.54, 1.807) is 26.8 Å². The Bertz CT molecular complexity index is 289. The number of carboxylic acids is 1. The van der Waals surface area contributed by atoms with Crippen LogP contribution in [0.3, 0.4) is 0 Å². The molecule has 0 aromatic carbocycles. The van der Waals surface area contributed by atoms with Crippen LogP contribution in [0.4, 0.5) is 4.79 Å². The molecule has 0 saturated carbocycles. The fourth-order valence-electron chi connectivity index (χ4n) is 0.864. The minimum Gasteiger partial charge on any atom is -0.478 e. The van der Waals surface area contributed by atoms with Gasteiger partial charge in [0.15, 0.2) is 0 Å². The SMILES string of the molecule is C/C(=C/CCNC(=O)OC(C)(C)C)C(=O)O. The maximum absolute atomic E-state index is 11.2. The number of aliphatic carboxylic acids is 1. The molecule has 0 aliphatic carbocycles. The first-order valence-electron chi connectivity index (χ1n) is 5.09. The lowest BCUT2D eigenvalue weighted by Crippen LogP contribution is -2.32. The largest absolute Gasteiger partial charge is 0.478 e. The Morgan fingerprint density at radius 2 is 1.94 bits per heavy atom. The van der Waals surface area contributed by atoms with Gasteiger partial charge in [-0.25, -0.2) is 9.59 Å². The summed E-state index contributed by atoms with van der Waals surface area (Å²) in [4.78, 5) is 21.6. The van der Waals surface area contributed by atoms with Gasteiger partial charge in [-0.2, -0.15) is 0 Å². The number of carboxylic acid groups (broad SMARTS) is 1. The van der Waals surface area contributed by atoms with E-state index in [0.29, 0.717) is 13.0 Å². The van der Waals surface area contributed by atoms with Crippen LogP contribution in [0.25, 0.3) is 0 Å². The van der Waals surface area contributed by atoms with Gasteiger partial charge in [-0.15, -0.1) is 0 Å². The summed E-state index contributed by atoms with van der Waals surface area (Å²) in [7, 11) is 0. The Labute approximate surface area is 95.5 Å². The van der Waals surface area contributed by atoms with E-state index in [2.05, 4.69) is 5.32 Å². The molecule has 1 amide bonds. The maximum Gasteiger partial charge on any atom is 0.407 e. The van der Waals surface area contributed by atoms with Crippen LogP contribution in [-0.2, 0) is 9.53 Å². The molecule has 92 valence electrons. The zero-order valence-corrected chi connectivity index (χ0v) is 10.2. The Balaban J connectivity index is 3.80. The van der Waals surface area contributed by atoms with Gasteiger partial charge in [0, 0.05) is 12.1 Å². The van der Waals surface area contributed by atoms with Gasteiger partial charge in [0.2, 0.25) is 0 Å². The van der Waals surface area contributed by atoms with Crippen LogP contribution in [-0.4, -0.2) is 29.3 Å². The fraction of sp³-hybridized carbons (Fsp3) is 0.636. The molecule has 0 atom stereocenters. The van der Waals surface area contributed by atoms with Gasteiger partial charge >= 0.3 is 12.1 Å². The van der Waals surface area contributed by atoms with Gasteiger partial charge in [-0.3, -0.25) is 0 Å². The van der Waals surface area contributed by atoms with Crippen molar-refractivity contribution in [1.82, 2.24) is 5.32 Å².